The molecule has 3 N–H and O–H groups in total. The summed E-state index contributed by atoms with van der Waals surface area (Å²) in [5.74, 6) is -0.735. The van der Waals surface area contributed by atoms with Crippen LogP contribution in [0.25, 0.3) is 0 Å². The molecule has 0 fully saturated rings. The maximum Gasteiger partial charge on any atom is 0.339 e. The number of esters is 1. The molecule has 20 heavy (non-hydrogen) atoms. The van der Waals surface area contributed by atoms with Crippen molar-refractivity contribution in [2.75, 3.05) is 12.8 Å². The Labute approximate surface area is 119 Å². The van der Waals surface area contributed by atoms with Gasteiger partial charge >= 0.3 is 5.97 Å². The number of hydrogen-bond acceptors (Lipinski definition) is 5. The van der Waals surface area contributed by atoms with Crippen LogP contribution in [0, 0.1) is 0 Å². The van der Waals surface area contributed by atoms with Gasteiger partial charge in [0.25, 0.3) is 0 Å². The second-order valence-corrected chi connectivity index (χ2v) is 6.24. The first-order valence-electron chi connectivity index (χ1n) is 6.32. The molecule has 0 bridgehead atoms. The third-order valence-electron chi connectivity index (χ3n) is 2.78. The molecule has 1 rings (SSSR count). The van der Waals surface area contributed by atoms with Gasteiger partial charge in [-0.2, -0.15) is 0 Å². The summed E-state index contributed by atoms with van der Waals surface area (Å²) in [4.78, 5) is 11.6. The molecule has 1 aromatic carbocycles. The highest BCUT2D eigenvalue weighted by molar-refractivity contribution is 7.89. The summed E-state index contributed by atoms with van der Waals surface area (Å²) in [6.07, 6.45) is 1.57. The molecule has 7 heteroatoms. The van der Waals surface area contributed by atoms with Crippen molar-refractivity contribution in [3.63, 3.8) is 0 Å². The SMILES string of the molecule is CCCC(C)NS(=O)(=O)c1ccc(N)cc1C(=O)OC. The van der Waals surface area contributed by atoms with Crippen LogP contribution < -0.4 is 10.5 Å². The van der Waals surface area contributed by atoms with Gasteiger partial charge in [-0.25, -0.2) is 17.9 Å². The number of nitrogens with two attached hydrogens (primary N) is 1. The number of carbonyl (C=O) groups is 1. The van der Waals surface area contributed by atoms with Crippen molar-refractivity contribution in [1.82, 2.24) is 4.72 Å². The van der Waals surface area contributed by atoms with Gasteiger partial charge in [-0.3, -0.25) is 0 Å². The Morgan fingerprint density at radius 2 is 2.10 bits per heavy atom. The fourth-order valence-electron chi connectivity index (χ4n) is 1.87. The Bertz CT molecular complexity index is 584. The standard InChI is InChI=1S/C13H20N2O4S/c1-4-5-9(2)15-20(17,18)12-7-6-10(14)8-11(12)13(16)19-3/h6-9,15H,4-5,14H2,1-3H3. The Hall–Kier alpha value is -1.60. The van der Waals surface area contributed by atoms with E-state index in [0.717, 1.165) is 6.42 Å². The first-order valence-corrected chi connectivity index (χ1v) is 7.80. The zero-order chi connectivity index (χ0) is 15.3. The van der Waals surface area contributed by atoms with E-state index in [1.807, 2.05) is 6.92 Å². The van der Waals surface area contributed by atoms with Crippen molar-refractivity contribution in [3.8, 4) is 0 Å². The molecule has 0 aromatic heterocycles. The summed E-state index contributed by atoms with van der Waals surface area (Å²) in [7, 11) is -2.60. The van der Waals surface area contributed by atoms with Crippen LogP contribution in [0.1, 0.15) is 37.0 Å². The second kappa shape index (κ2) is 6.71. The fourth-order valence-corrected chi connectivity index (χ4v) is 3.33. The van der Waals surface area contributed by atoms with E-state index >= 15 is 0 Å². The van der Waals surface area contributed by atoms with Crippen LogP contribution in [0.5, 0.6) is 0 Å². The van der Waals surface area contributed by atoms with E-state index in [1.165, 1.54) is 25.3 Å². The normalized spacial score (nSPS) is 12.9. The van der Waals surface area contributed by atoms with Crippen molar-refractivity contribution in [3.05, 3.63) is 23.8 Å². The summed E-state index contributed by atoms with van der Waals surface area (Å²) in [6, 6.07) is 3.83. The van der Waals surface area contributed by atoms with Gasteiger partial charge in [0, 0.05) is 11.7 Å². The molecule has 0 aliphatic carbocycles. The molecule has 0 radical (unpaired) electrons. The molecule has 112 valence electrons. The van der Waals surface area contributed by atoms with E-state index in [2.05, 4.69) is 9.46 Å². The topological polar surface area (TPSA) is 98.5 Å². The van der Waals surface area contributed by atoms with E-state index in [0.29, 0.717) is 12.1 Å². The zero-order valence-corrected chi connectivity index (χ0v) is 12.7. The highest BCUT2D eigenvalue weighted by Gasteiger charge is 2.24. The molecular formula is C13H20N2O4S. The first-order chi connectivity index (χ1) is 9.31. The predicted octanol–water partition coefficient (Wildman–Crippen LogP) is 1.52. The van der Waals surface area contributed by atoms with Gasteiger partial charge in [-0.05, 0) is 31.5 Å². The number of methoxy groups -OCH3 is 1. The average molecular weight is 300 g/mol. The minimum absolute atomic E-state index is 0.0660. The molecule has 0 saturated carbocycles. The number of ether oxygens (including phenoxy) is 1. The predicted molar refractivity (Wildman–Crippen MR) is 76.9 cm³/mol. The zero-order valence-electron chi connectivity index (χ0n) is 11.8. The van der Waals surface area contributed by atoms with Gasteiger partial charge in [0.05, 0.1) is 17.6 Å². The van der Waals surface area contributed by atoms with Crippen LogP contribution in [-0.2, 0) is 14.8 Å². The monoisotopic (exact) mass is 300 g/mol. The quantitative estimate of drug-likeness (QED) is 0.613. The van der Waals surface area contributed by atoms with Crippen LogP contribution in [0.2, 0.25) is 0 Å². The maximum atomic E-state index is 12.3. The molecule has 1 aromatic rings. The minimum Gasteiger partial charge on any atom is -0.465 e. The number of rotatable bonds is 6. The van der Waals surface area contributed by atoms with Crippen molar-refractivity contribution in [2.24, 2.45) is 0 Å². The third-order valence-corrected chi connectivity index (χ3v) is 4.42. The molecule has 0 amide bonds. The number of nitrogen functional groups attached to an aromatic ring is 1. The van der Waals surface area contributed by atoms with Crippen molar-refractivity contribution >= 4 is 21.7 Å². The highest BCUT2D eigenvalue weighted by Crippen LogP contribution is 2.20. The van der Waals surface area contributed by atoms with Crippen molar-refractivity contribution in [1.29, 1.82) is 0 Å². The van der Waals surface area contributed by atoms with Crippen LogP contribution in [0.4, 0.5) is 5.69 Å². The number of hydrogen-bond donors (Lipinski definition) is 2. The third kappa shape index (κ3) is 3.94. The smallest absolute Gasteiger partial charge is 0.339 e. The number of benzene rings is 1. The Morgan fingerprint density at radius 3 is 2.65 bits per heavy atom. The Kier molecular flexibility index (Phi) is 5.52. The minimum atomic E-state index is -3.79. The molecule has 0 aliphatic heterocycles. The van der Waals surface area contributed by atoms with E-state index in [-0.39, 0.29) is 16.5 Å². The van der Waals surface area contributed by atoms with Crippen LogP contribution in [-0.4, -0.2) is 27.5 Å². The molecule has 0 heterocycles. The number of anilines is 1. The summed E-state index contributed by atoms with van der Waals surface area (Å²) >= 11 is 0. The maximum absolute atomic E-state index is 12.3. The summed E-state index contributed by atoms with van der Waals surface area (Å²) in [5.41, 5.74) is 5.82. The molecule has 1 atom stereocenters. The number of sulfonamides is 1. The van der Waals surface area contributed by atoms with Gasteiger partial charge in [0.1, 0.15) is 0 Å². The Morgan fingerprint density at radius 1 is 1.45 bits per heavy atom. The van der Waals surface area contributed by atoms with E-state index in [1.54, 1.807) is 6.92 Å². The lowest BCUT2D eigenvalue weighted by molar-refractivity contribution is 0.0596. The fraction of sp³-hybridized carbons (Fsp3) is 0.462. The molecule has 0 aliphatic rings. The van der Waals surface area contributed by atoms with Gasteiger partial charge in [-0.15, -0.1) is 0 Å². The highest BCUT2D eigenvalue weighted by atomic mass is 32.2. The van der Waals surface area contributed by atoms with E-state index < -0.39 is 16.0 Å². The van der Waals surface area contributed by atoms with Gasteiger partial charge in [0.15, 0.2) is 0 Å². The summed E-state index contributed by atoms with van der Waals surface area (Å²) in [6.45, 7) is 3.74. The Balaban J connectivity index is 3.21. The average Bonchev–Trinajstić information content (AvgIpc) is 2.36. The van der Waals surface area contributed by atoms with Gasteiger partial charge < -0.3 is 10.5 Å². The molecule has 0 spiro atoms. The van der Waals surface area contributed by atoms with Crippen LogP contribution in [0.3, 0.4) is 0 Å². The number of nitrogens with one attached hydrogen (secondary N) is 1. The molecule has 0 saturated heterocycles. The molecule has 6 nitrogen and oxygen atoms in total. The molecular weight excluding hydrogens is 280 g/mol. The molecule has 1 unspecified atom stereocenters. The lowest BCUT2D eigenvalue weighted by atomic mass is 10.2. The summed E-state index contributed by atoms with van der Waals surface area (Å²) < 4.78 is 31.7. The van der Waals surface area contributed by atoms with Crippen LogP contribution >= 0.6 is 0 Å². The lowest BCUT2D eigenvalue weighted by Crippen LogP contribution is -2.33. The first kappa shape index (κ1) is 16.5. The summed E-state index contributed by atoms with van der Waals surface area (Å²) in [5, 5.41) is 0. The van der Waals surface area contributed by atoms with Crippen molar-refractivity contribution < 1.29 is 17.9 Å². The second-order valence-electron chi connectivity index (χ2n) is 4.56. The van der Waals surface area contributed by atoms with Crippen molar-refractivity contribution in [2.45, 2.75) is 37.6 Å². The van der Waals surface area contributed by atoms with E-state index in [4.69, 9.17) is 5.73 Å². The lowest BCUT2D eigenvalue weighted by Gasteiger charge is -2.15. The van der Waals surface area contributed by atoms with Gasteiger partial charge in [-0.1, -0.05) is 13.3 Å². The van der Waals surface area contributed by atoms with Crippen LogP contribution in [0.15, 0.2) is 23.1 Å². The number of carbonyl (C=O) groups excluding carboxylic acids is 1. The van der Waals surface area contributed by atoms with Gasteiger partial charge in [0.2, 0.25) is 10.0 Å². The largest absolute Gasteiger partial charge is 0.465 e. The van der Waals surface area contributed by atoms with E-state index in [9.17, 15) is 13.2 Å².